The maximum Gasteiger partial charge on any atom is 0.392 e. The third-order valence-corrected chi connectivity index (χ3v) is 2.66. The van der Waals surface area contributed by atoms with E-state index in [0.29, 0.717) is 11.1 Å². The second-order valence-corrected chi connectivity index (χ2v) is 3.79. The lowest BCUT2D eigenvalue weighted by molar-refractivity contribution is -0.174. The Hall–Kier alpha value is -1.26. The highest BCUT2D eigenvalue weighted by Gasteiger charge is 2.45. The van der Waals surface area contributed by atoms with Crippen LogP contribution in [0.4, 0.5) is 13.2 Å². The third-order valence-electron chi connectivity index (χ3n) is 2.66. The number of carbonyl (C=O) groups is 1. The van der Waals surface area contributed by atoms with Gasteiger partial charge in [-0.15, -0.1) is 0 Å². The Morgan fingerprint density at radius 1 is 1.40 bits per heavy atom. The summed E-state index contributed by atoms with van der Waals surface area (Å²) in [5, 5.41) is 0. The number of fused-ring (bicyclic) bond motifs is 1. The molecule has 15 heavy (non-hydrogen) atoms. The van der Waals surface area contributed by atoms with Gasteiger partial charge in [0.05, 0.1) is 17.7 Å². The number of ketones is 1. The van der Waals surface area contributed by atoms with Crippen LogP contribution in [-0.2, 0) is 6.42 Å². The molecular weight excluding hydrogens is 209 g/mol. The van der Waals surface area contributed by atoms with Crippen LogP contribution >= 0.6 is 0 Å². The van der Waals surface area contributed by atoms with E-state index in [9.17, 15) is 18.0 Å². The van der Waals surface area contributed by atoms with Crippen molar-refractivity contribution in [3.8, 4) is 0 Å². The summed E-state index contributed by atoms with van der Waals surface area (Å²) in [7, 11) is 0. The third kappa shape index (κ3) is 1.66. The van der Waals surface area contributed by atoms with Crippen molar-refractivity contribution < 1.29 is 22.4 Å². The van der Waals surface area contributed by atoms with E-state index in [1.807, 2.05) is 0 Å². The van der Waals surface area contributed by atoms with E-state index < -0.39 is 24.3 Å². The van der Waals surface area contributed by atoms with Crippen LogP contribution in [0, 0.1) is 12.8 Å². The molecule has 0 amide bonds. The van der Waals surface area contributed by atoms with E-state index in [2.05, 4.69) is 0 Å². The first-order chi connectivity index (χ1) is 6.89. The fraction of sp³-hybridized carbons (Fsp3) is 0.500. The molecule has 0 N–H and O–H groups in total. The molecule has 1 aliphatic carbocycles. The van der Waals surface area contributed by atoms with Crippen molar-refractivity contribution in [2.75, 3.05) is 0 Å². The zero-order chi connectivity index (χ0) is 11.2. The van der Waals surface area contributed by atoms with Gasteiger partial charge in [-0.05, 0) is 12.5 Å². The van der Waals surface area contributed by atoms with Crippen molar-refractivity contribution in [3.05, 3.63) is 23.2 Å². The largest absolute Gasteiger partial charge is 0.468 e. The summed E-state index contributed by atoms with van der Waals surface area (Å²) in [5.74, 6) is -1.89. The van der Waals surface area contributed by atoms with Gasteiger partial charge < -0.3 is 4.42 Å². The molecule has 2 nitrogen and oxygen atoms in total. The molecule has 1 aromatic rings. The number of Topliss-reactive ketones (excluding diaryl/α,β-unsaturated/α-hetero) is 1. The van der Waals surface area contributed by atoms with Gasteiger partial charge in [0, 0.05) is 12.8 Å². The van der Waals surface area contributed by atoms with Crippen LogP contribution in [0.2, 0.25) is 0 Å². The molecule has 0 spiro atoms. The van der Waals surface area contributed by atoms with Crippen LogP contribution in [0.5, 0.6) is 0 Å². The fourth-order valence-corrected chi connectivity index (χ4v) is 1.88. The summed E-state index contributed by atoms with van der Waals surface area (Å²) in [4.78, 5) is 11.5. The predicted molar refractivity (Wildman–Crippen MR) is 45.6 cm³/mol. The van der Waals surface area contributed by atoms with Crippen LogP contribution < -0.4 is 0 Å². The highest BCUT2D eigenvalue weighted by Crippen LogP contribution is 2.38. The molecule has 0 bridgehead atoms. The minimum Gasteiger partial charge on any atom is -0.468 e. The van der Waals surface area contributed by atoms with Gasteiger partial charge in [-0.25, -0.2) is 0 Å². The summed E-state index contributed by atoms with van der Waals surface area (Å²) in [6, 6.07) is 0. The molecule has 0 aromatic carbocycles. The second kappa shape index (κ2) is 3.12. The van der Waals surface area contributed by atoms with E-state index in [-0.39, 0.29) is 12.2 Å². The van der Waals surface area contributed by atoms with E-state index in [0.717, 1.165) is 0 Å². The Balaban J connectivity index is 2.36. The Morgan fingerprint density at radius 2 is 2.07 bits per heavy atom. The van der Waals surface area contributed by atoms with Gasteiger partial charge in [0.25, 0.3) is 0 Å². The topological polar surface area (TPSA) is 30.2 Å². The van der Waals surface area contributed by atoms with Gasteiger partial charge in [0.2, 0.25) is 0 Å². The Kier molecular flexibility index (Phi) is 2.13. The Labute approximate surface area is 84.1 Å². The molecular formula is C10H9F3O2. The highest BCUT2D eigenvalue weighted by atomic mass is 19.4. The first-order valence-electron chi connectivity index (χ1n) is 4.56. The zero-order valence-corrected chi connectivity index (χ0v) is 8.02. The number of rotatable bonds is 0. The number of halogens is 3. The van der Waals surface area contributed by atoms with Gasteiger partial charge in [-0.1, -0.05) is 0 Å². The van der Waals surface area contributed by atoms with Crippen molar-refractivity contribution in [3.63, 3.8) is 0 Å². The number of alkyl halides is 3. The van der Waals surface area contributed by atoms with E-state index in [1.165, 1.54) is 6.26 Å². The molecule has 5 heteroatoms. The molecule has 1 heterocycles. The molecule has 2 rings (SSSR count). The number of carbonyl (C=O) groups excluding carboxylic acids is 1. The van der Waals surface area contributed by atoms with Gasteiger partial charge >= 0.3 is 6.18 Å². The summed E-state index contributed by atoms with van der Waals surface area (Å²) < 4.78 is 42.2. The molecule has 0 radical (unpaired) electrons. The minimum atomic E-state index is -4.33. The van der Waals surface area contributed by atoms with Crippen LogP contribution in [0.25, 0.3) is 0 Å². The quantitative estimate of drug-likeness (QED) is 0.670. The SMILES string of the molecule is Cc1coc2c1C(=O)C[C@@H](C(F)(F)F)C2. The predicted octanol–water partition coefficient (Wildman–Crippen LogP) is 2.90. The van der Waals surface area contributed by atoms with E-state index >= 15 is 0 Å². The molecule has 1 atom stereocenters. The summed E-state index contributed by atoms with van der Waals surface area (Å²) in [6.07, 6.45) is -3.68. The normalized spacial score (nSPS) is 21.6. The van der Waals surface area contributed by atoms with Crippen LogP contribution in [-0.4, -0.2) is 12.0 Å². The maximum atomic E-state index is 12.4. The first kappa shape index (κ1) is 10.3. The molecule has 0 fully saturated rings. The highest BCUT2D eigenvalue weighted by molar-refractivity contribution is 5.99. The molecule has 0 saturated carbocycles. The van der Waals surface area contributed by atoms with Gasteiger partial charge in [0.15, 0.2) is 5.78 Å². The van der Waals surface area contributed by atoms with Crippen molar-refractivity contribution >= 4 is 5.78 Å². The lowest BCUT2D eigenvalue weighted by atomic mass is 9.86. The second-order valence-electron chi connectivity index (χ2n) is 3.79. The average molecular weight is 218 g/mol. The minimum absolute atomic E-state index is 0.172. The summed E-state index contributed by atoms with van der Waals surface area (Å²) in [5.41, 5.74) is 0.964. The smallest absolute Gasteiger partial charge is 0.392 e. The Morgan fingerprint density at radius 3 is 2.67 bits per heavy atom. The van der Waals surface area contributed by atoms with E-state index in [1.54, 1.807) is 6.92 Å². The average Bonchev–Trinajstić information content (AvgIpc) is 2.46. The van der Waals surface area contributed by atoms with E-state index in [4.69, 9.17) is 4.42 Å². The van der Waals surface area contributed by atoms with Crippen LogP contribution in [0.1, 0.15) is 28.1 Å². The molecule has 0 aliphatic heterocycles. The molecule has 1 aromatic heterocycles. The fourth-order valence-electron chi connectivity index (χ4n) is 1.88. The van der Waals surface area contributed by atoms with Gasteiger partial charge in [-0.2, -0.15) is 13.2 Å². The molecule has 82 valence electrons. The van der Waals surface area contributed by atoms with Gasteiger partial charge in [0.1, 0.15) is 5.76 Å². The Bertz CT molecular complexity index is 403. The van der Waals surface area contributed by atoms with Crippen molar-refractivity contribution in [2.24, 2.45) is 5.92 Å². The summed E-state index contributed by atoms with van der Waals surface area (Å²) in [6.45, 7) is 1.66. The molecule has 1 aliphatic rings. The monoisotopic (exact) mass is 218 g/mol. The number of aryl methyl sites for hydroxylation is 1. The van der Waals surface area contributed by atoms with Crippen molar-refractivity contribution in [1.29, 1.82) is 0 Å². The van der Waals surface area contributed by atoms with Crippen LogP contribution in [0.15, 0.2) is 10.7 Å². The zero-order valence-electron chi connectivity index (χ0n) is 8.02. The first-order valence-corrected chi connectivity index (χ1v) is 4.56. The maximum absolute atomic E-state index is 12.4. The summed E-state index contributed by atoms with van der Waals surface area (Å²) >= 11 is 0. The lowest BCUT2D eigenvalue weighted by Crippen LogP contribution is -2.31. The lowest BCUT2D eigenvalue weighted by Gasteiger charge is -2.22. The number of furan rings is 1. The standard InChI is InChI=1S/C10H9F3O2/c1-5-4-15-8-3-6(10(11,12)13)2-7(14)9(5)8/h4,6H,2-3H2,1H3/t6-/m1/s1. The number of hydrogen-bond donors (Lipinski definition) is 0. The van der Waals surface area contributed by atoms with Crippen molar-refractivity contribution in [2.45, 2.75) is 25.9 Å². The number of hydrogen-bond acceptors (Lipinski definition) is 2. The molecule has 0 saturated heterocycles. The van der Waals surface area contributed by atoms with Crippen molar-refractivity contribution in [1.82, 2.24) is 0 Å². The van der Waals surface area contributed by atoms with Gasteiger partial charge in [-0.3, -0.25) is 4.79 Å². The van der Waals surface area contributed by atoms with Crippen LogP contribution in [0.3, 0.4) is 0 Å². The molecule has 0 unspecified atom stereocenters.